The van der Waals surface area contributed by atoms with E-state index in [9.17, 15) is 4.79 Å². The lowest BCUT2D eigenvalue weighted by Crippen LogP contribution is -2.40. The molecule has 1 aliphatic rings. The molecule has 22 heavy (non-hydrogen) atoms. The Balaban J connectivity index is 0.00000242. The van der Waals surface area contributed by atoms with E-state index in [4.69, 9.17) is 10.5 Å². The maximum Gasteiger partial charge on any atom is 0.227 e. The van der Waals surface area contributed by atoms with Crippen LogP contribution in [0.25, 0.3) is 0 Å². The van der Waals surface area contributed by atoms with Gasteiger partial charge in [-0.2, -0.15) is 0 Å². The third kappa shape index (κ3) is 4.89. The van der Waals surface area contributed by atoms with Crippen molar-refractivity contribution in [2.75, 3.05) is 12.0 Å². The fourth-order valence-electron chi connectivity index (χ4n) is 2.61. The molecule has 1 aromatic carbocycles. The Labute approximate surface area is 139 Å². The van der Waals surface area contributed by atoms with Gasteiger partial charge in [-0.1, -0.05) is 0 Å². The highest BCUT2D eigenvalue weighted by atomic mass is 35.5. The zero-order chi connectivity index (χ0) is 15.4. The van der Waals surface area contributed by atoms with Crippen molar-refractivity contribution in [3.05, 3.63) is 24.3 Å². The number of anilines is 1. The predicted molar refractivity (Wildman–Crippen MR) is 92.8 cm³/mol. The number of benzene rings is 1. The highest BCUT2D eigenvalue weighted by Crippen LogP contribution is 2.37. The Morgan fingerprint density at radius 2 is 1.91 bits per heavy atom. The molecule has 0 aromatic heterocycles. The van der Waals surface area contributed by atoms with Crippen LogP contribution in [0.5, 0.6) is 5.75 Å². The average molecular weight is 327 g/mol. The second kappa shape index (κ2) is 8.39. The third-order valence-corrected chi connectivity index (χ3v) is 4.14. The van der Waals surface area contributed by atoms with E-state index >= 15 is 0 Å². The molecule has 2 N–H and O–H groups in total. The topological polar surface area (TPSA) is 55.6 Å². The van der Waals surface area contributed by atoms with Crippen LogP contribution in [0, 0.1) is 5.92 Å². The van der Waals surface area contributed by atoms with Gasteiger partial charge in [0.05, 0.1) is 7.11 Å². The predicted octanol–water partition coefficient (Wildman–Crippen LogP) is 3.38. The van der Waals surface area contributed by atoms with Gasteiger partial charge in [-0.25, -0.2) is 0 Å². The molecule has 2 unspecified atom stereocenters. The first-order valence-corrected chi connectivity index (χ1v) is 7.74. The minimum absolute atomic E-state index is 0. The third-order valence-electron chi connectivity index (χ3n) is 4.14. The highest BCUT2D eigenvalue weighted by molar-refractivity contribution is 5.94. The number of carbonyl (C=O) groups excluding carboxylic acids is 1. The fraction of sp³-hybridized carbons (Fsp3) is 0.588. The number of rotatable bonds is 7. The Morgan fingerprint density at radius 1 is 1.32 bits per heavy atom. The largest absolute Gasteiger partial charge is 0.497 e. The smallest absolute Gasteiger partial charge is 0.227 e. The SMILES string of the molecule is COc1ccc(N(C(=O)CCC(C)N)C(C)C2CC2)cc1.Cl. The first kappa shape index (κ1) is 18.8. The quantitative estimate of drug-likeness (QED) is 0.835. The molecule has 0 heterocycles. The van der Waals surface area contributed by atoms with Crippen LogP contribution in [0.15, 0.2) is 24.3 Å². The van der Waals surface area contributed by atoms with E-state index in [0.717, 1.165) is 17.9 Å². The van der Waals surface area contributed by atoms with Gasteiger partial charge < -0.3 is 15.4 Å². The minimum Gasteiger partial charge on any atom is -0.497 e. The zero-order valence-corrected chi connectivity index (χ0v) is 14.4. The first-order valence-electron chi connectivity index (χ1n) is 7.74. The molecule has 5 heteroatoms. The summed E-state index contributed by atoms with van der Waals surface area (Å²) in [5, 5.41) is 0. The van der Waals surface area contributed by atoms with Crippen molar-refractivity contribution in [2.24, 2.45) is 11.7 Å². The summed E-state index contributed by atoms with van der Waals surface area (Å²) >= 11 is 0. The molecule has 0 saturated heterocycles. The van der Waals surface area contributed by atoms with Crippen molar-refractivity contribution in [1.29, 1.82) is 0 Å². The summed E-state index contributed by atoms with van der Waals surface area (Å²) in [6, 6.07) is 8.03. The molecule has 1 fully saturated rings. The normalized spacial score (nSPS) is 16.4. The van der Waals surface area contributed by atoms with Crippen molar-refractivity contribution >= 4 is 24.0 Å². The number of hydrogen-bond donors (Lipinski definition) is 1. The number of amides is 1. The summed E-state index contributed by atoms with van der Waals surface area (Å²) < 4.78 is 5.19. The van der Waals surface area contributed by atoms with Crippen molar-refractivity contribution in [3.8, 4) is 5.75 Å². The van der Waals surface area contributed by atoms with Gasteiger partial charge >= 0.3 is 0 Å². The maximum atomic E-state index is 12.6. The van der Waals surface area contributed by atoms with Crippen LogP contribution in [0.4, 0.5) is 5.69 Å². The minimum atomic E-state index is 0. The van der Waals surface area contributed by atoms with Crippen molar-refractivity contribution in [1.82, 2.24) is 0 Å². The summed E-state index contributed by atoms with van der Waals surface area (Å²) in [5.74, 6) is 1.60. The Hall–Kier alpha value is -1.26. The molecule has 1 aliphatic carbocycles. The molecule has 2 rings (SSSR count). The zero-order valence-electron chi connectivity index (χ0n) is 13.6. The lowest BCUT2D eigenvalue weighted by atomic mass is 10.1. The molecule has 0 spiro atoms. The summed E-state index contributed by atoms with van der Waals surface area (Å²) in [6.45, 7) is 4.08. The molecule has 0 aliphatic heterocycles. The molecule has 2 atom stereocenters. The van der Waals surface area contributed by atoms with Gasteiger partial charge in [-0.3, -0.25) is 4.79 Å². The molecule has 124 valence electrons. The van der Waals surface area contributed by atoms with Crippen molar-refractivity contribution in [2.45, 2.75) is 51.6 Å². The van der Waals surface area contributed by atoms with E-state index in [2.05, 4.69) is 6.92 Å². The average Bonchev–Trinajstić information content (AvgIpc) is 3.30. The van der Waals surface area contributed by atoms with Crippen LogP contribution in [0.2, 0.25) is 0 Å². The molecular weight excluding hydrogens is 300 g/mol. The Bertz CT molecular complexity index is 472. The summed E-state index contributed by atoms with van der Waals surface area (Å²) in [6.07, 6.45) is 3.66. The molecule has 4 nitrogen and oxygen atoms in total. The highest BCUT2D eigenvalue weighted by Gasteiger charge is 2.34. The standard InChI is InChI=1S/C17H26N2O2.ClH/c1-12(18)4-11-17(20)19(13(2)14-5-6-14)15-7-9-16(21-3)10-8-15;/h7-10,12-14H,4-6,11,18H2,1-3H3;1H. The van der Waals surface area contributed by atoms with Gasteiger partial charge in [0, 0.05) is 24.2 Å². The molecule has 1 saturated carbocycles. The number of hydrogen-bond acceptors (Lipinski definition) is 3. The summed E-state index contributed by atoms with van der Waals surface area (Å²) in [7, 11) is 1.65. The number of methoxy groups -OCH3 is 1. The number of nitrogens with two attached hydrogens (primary N) is 1. The van der Waals surface area contributed by atoms with Gasteiger partial charge in [0.1, 0.15) is 5.75 Å². The van der Waals surface area contributed by atoms with Crippen molar-refractivity contribution in [3.63, 3.8) is 0 Å². The number of nitrogens with zero attached hydrogens (tertiary/aromatic N) is 1. The summed E-state index contributed by atoms with van der Waals surface area (Å²) in [4.78, 5) is 14.6. The van der Waals surface area contributed by atoms with Crippen LogP contribution in [-0.2, 0) is 4.79 Å². The van der Waals surface area contributed by atoms with E-state index in [1.807, 2.05) is 36.1 Å². The van der Waals surface area contributed by atoms with Crippen molar-refractivity contribution < 1.29 is 9.53 Å². The van der Waals surface area contributed by atoms with E-state index in [1.165, 1.54) is 12.8 Å². The second-order valence-corrected chi connectivity index (χ2v) is 6.06. The van der Waals surface area contributed by atoms with Gasteiger partial charge in [0.25, 0.3) is 0 Å². The van der Waals surface area contributed by atoms with E-state index < -0.39 is 0 Å². The summed E-state index contributed by atoms with van der Waals surface area (Å²) in [5.41, 5.74) is 6.73. The van der Waals surface area contributed by atoms with E-state index in [1.54, 1.807) is 7.11 Å². The van der Waals surface area contributed by atoms with Gasteiger partial charge in [0.15, 0.2) is 0 Å². The fourth-order valence-corrected chi connectivity index (χ4v) is 2.61. The van der Waals surface area contributed by atoms with Crippen LogP contribution < -0.4 is 15.4 Å². The van der Waals surface area contributed by atoms with E-state index in [0.29, 0.717) is 12.3 Å². The van der Waals surface area contributed by atoms with Crippen LogP contribution in [0.3, 0.4) is 0 Å². The number of carbonyl (C=O) groups is 1. The number of ether oxygens (including phenoxy) is 1. The lowest BCUT2D eigenvalue weighted by molar-refractivity contribution is -0.119. The Morgan fingerprint density at radius 3 is 2.36 bits per heavy atom. The van der Waals surface area contributed by atoms with Gasteiger partial charge in [0.2, 0.25) is 5.91 Å². The van der Waals surface area contributed by atoms with Crippen LogP contribution >= 0.6 is 12.4 Å². The van der Waals surface area contributed by atoms with Crippen LogP contribution in [-0.4, -0.2) is 25.1 Å². The maximum absolute atomic E-state index is 12.6. The monoisotopic (exact) mass is 326 g/mol. The Kier molecular flexibility index (Phi) is 7.17. The van der Waals surface area contributed by atoms with Gasteiger partial charge in [-0.15, -0.1) is 12.4 Å². The van der Waals surface area contributed by atoms with E-state index in [-0.39, 0.29) is 30.4 Å². The second-order valence-electron chi connectivity index (χ2n) is 6.06. The molecule has 1 amide bonds. The van der Waals surface area contributed by atoms with Gasteiger partial charge in [-0.05, 0) is 63.3 Å². The number of halogens is 1. The molecular formula is C17H27ClN2O2. The van der Waals surface area contributed by atoms with Crippen LogP contribution in [0.1, 0.15) is 39.5 Å². The lowest BCUT2D eigenvalue weighted by Gasteiger charge is -2.30. The molecule has 0 radical (unpaired) electrons. The molecule has 1 aromatic rings. The molecule has 0 bridgehead atoms. The first-order chi connectivity index (χ1) is 10.0.